The molecule has 57 valence electrons. The fourth-order valence-electron chi connectivity index (χ4n) is 0.724. The second-order valence-corrected chi connectivity index (χ2v) is 3.88. The van der Waals surface area contributed by atoms with E-state index in [1.54, 1.807) is 6.07 Å². The molecule has 0 aliphatic carbocycles. The Labute approximate surface area is 92.4 Å². The van der Waals surface area contributed by atoms with Crippen LogP contribution in [0.1, 0.15) is 5.56 Å². The Kier molecular flexibility index (Phi) is 5.72. The topological polar surface area (TPSA) is 0 Å². The van der Waals surface area contributed by atoms with Crippen molar-refractivity contribution in [3.05, 3.63) is 33.8 Å². The number of benzene rings is 1. The monoisotopic (exact) mass is 259 g/mol. The van der Waals surface area contributed by atoms with Crippen molar-refractivity contribution in [3.8, 4) is 0 Å². The zero-order chi connectivity index (χ0) is 7.56. The van der Waals surface area contributed by atoms with Gasteiger partial charge in [-0.3, -0.25) is 0 Å². The molecule has 0 nitrogen and oxygen atoms in total. The van der Waals surface area contributed by atoms with E-state index < -0.39 is 0 Å². The van der Waals surface area contributed by atoms with E-state index in [2.05, 4.69) is 0 Å². The normalized spacial score (nSPS) is 9.09. The van der Waals surface area contributed by atoms with Gasteiger partial charge in [-0.1, -0.05) is 0 Å². The van der Waals surface area contributed by atoms with Gasteiger partial charge in [-0.15, -0.1) is 12.4 Å². The number of rotatable bonds is 1. The zero-order valence-electron chi connectivity index (χ0n) is 5.81. The SMILES string of the molecule is Cl.Clc1ccc([CH2][Zn])c(Cl)c1. The molecule has 0 saturated heterocycles. The van der Waals surface area contributed by atoms with E-state index >= 15 is 0 Å². The van der Waals surface area contributed by atoms with Crippen molar-refractivity contribution in [2.45, 2.75) is 5.02 Å². The van der Waals surface area contributed by atoms with E-state index in [0.717, 1.165) is 10.0 Å². The van der Waals surface area contributed by atoms with Crippen molar-refractivity contribution in [1.82, 2.24) is 0 Å². The second kappa shape index (κ2) is 5.37. The van der Waals surface area contributed by atoms with Gasteiger partial charge in [0.1, 0.15) is 0 Å². The summed E-state index contributed by atoms with van der Waals surface area (Å²) in [5.74, 6) is 0. The van der Waals surface area contributed by atoms with E-state index in [4.69, 9.17) is 23.2 Å². The molecule has 0 aliphatic rings. The van der Waals surface area contributed by atoms with Crippen LogP contribution in [0.5, 0.6) is 0 Å². The molecule has 4 heteroatoms. The molecule has 0 amide bonds. The predicted molar refractivity (Wildman–Crippen MR) is 47.4 cm³/mol. The molecule has 1 aromatic carbocycles. The molecule has 0 aliphatic heterocycles. The zero-order valence-corrected chi connectivity index (χ0v) is 11.1. The summed E-state index contributed by atoms with van der Waals surface area (Å²) in [6, 6.07) is 5.64. The predicted octanol–water partition coefficient (Wildman–Crippen LogP) is 3.46. The molecule has 11 heavy (non-hydrogen) atoms. The average molecular weight is 262 g/mol. The van der Waals surface area contributed by atoms with Crippen LogP contribution in [0.2, 0.25) is 10.0 Å². The van der Waals surface area contributed by atoms with Gasteiger partial charge in [-0.2, -0.15) is 0 Å². The van der Waals surface area contributed by atoms with Crippen molar-refractivity contribution >= 4 is 35.6 Å². The van der Waals surface area contributed by atoms with E-state index in [0.29, 0.717) is 5.02 Å². The molecule has 0 atom stereocenters. The van der Waals surface area contributed by atoms with E-state index in [-0.39, 0.29) is 12.4 Å². The third-order valence-electron chi connectivity index (χ3n) is 1.28. The summed E-state index contributed by atoms with van der Waals surface area (Å²) in [5, 5.41) is 2.58. The summed E-state index contributed by atoms with van der Waals surface area (Å²) in [6.07, 6.45) is 0. The van der Waals surface area contributed by atoms with Gasteiger partial charge < -0.3 is 0 Å². The molecule has 0 saturated carbocycles. The van der Waals surface area contributed by atoms with Crippen molar-refractivity contribution in [1.29, 1.82) is 0 Å². The van der Waals surface area contributed by atoms with E-state index in [1.807, 2.05) is 12.1 Å². The van der Waals surface area contributed by atoms with Crippen LogP contribution in [0.15, 0.2) is 18.2 Å². The second-order valence-electron chi connectivity index (χ2n) is 1.99. The van der Waals surface area contributed by atoms with Crippen molar-refractivity contribution in [2.24, 2.45) is 0 Å². The Morgan fingerprint density at radius 2 is 1.91 bits per heavy atom. The molecule has 0 N–H and O–H groups in total. The fourth-order valence-corrected chi connectivity index (χ4v) is 2.47. The van der Waals surface area contributed by atoms with Crippen LogP contribution in [-0.4, -0.2) is 0 Å². The van der Waals surface area contributed by atoms with Crippen LogP contribution in [0.25, 0.3) is 0 Å². The molecule has 0 fully saturated rings. The average Bonchev–Trinajstić information content (AvgIpc) is 1.88. The maximum absolute atomic E-state index is 5.87. The number of halogens is 3. The maximum atomic E-state index is 5.87. The van der Waals surface area contributed by atoms with Crippen LogP contribution >= 0.6 is 35.6 Å². The van der Waals surface area contributed by atoms with Gasteiger partial charge in [0, 0.05) is 0 Å². The van der Waals surface area contributed by atoms with Crippen molar-refractivity contribution in [3.63, 3.8) is 0 Å². The van der Waals surface area contributed by atoms with E-state index in [9.17, 15) is 0 Å². The Morgan fingerprint density at radius 1 is 1.27 bits per heavy atom. The van der Waals surface area contributed by atoms with Gasteiger partial charge in [0.15, 0.2) is 0 Å². The molecule has 0 heterocycles. The molecule has 1 aromatic rings. The number of hydrogen-bond acceptors (Lipinski definition) is 0. The van der Waals surface area contributed by atoms with Crippen LogP contribution in [-0.2, 0) is 23.3 Å². The first-order valence-corrected chi connectivity index (χ1v) is 5.82. The Balaban J connectivity index is 0.000001000. The van der Waals surface area contributed by atoms with Gasteiger partial charge in [0.2, 0.25) is 0 Å². The van der Waals surface area contributed by atoms with Crippen LogP contribution in [0, 0.1) is 0 Å². The van der Waals surface area contributed by atoms with Crippen molar-refractivity contribution < 1.29 is 18.3 Å². The van der Waals surface area contributed by atoms with Gasteiger partial charge in [0.25, 0.3) is 0 Å². The molecule has 0 bridgehead atoms. The van der Waals surface area contributed by atoms with Crippen LogP contribution in [0.4, 0.5) is 0 Å². The summed E-state index contributed by atoms with van der Waals surface area (Å²) in [6.45, 7) is 0. The fraction of sp³-hybridized carbons (Fsp3) is 0.143. The first kappa shape index (κ1) is 11.7. The summed E-state index contributed by atoms with van der Waals surface area (Å²) in [4.78, 5) is 0. The minimum absolute atomic E-state index is 0. The molecular weight excluding hydrogens is 256 g/mol. The Morgan fingerprint density at radius 3 is 2.36 bits per heavy atom. The third-order valence-corrected chi connectivity index (χ3v) is 3.00. The molecular formula is C7H6Cl3Zn. The quantitative estimate of drug-likeness (QED) is 0.680. The molecule has 1 rings (SSSR count). The summed E-state index contributed by atoms with van der Waals surface area (Å²) in [7, 11) is 0. The van der Waals surface area contributed by atoms with Crippen LogP contribution in [0.3, 0.4) is 0 Å². The first-order chi connectivity index (χ1) is 4.74. The number of hydrogen-bond donors (Lipinski definition) is 0. The summed E-state index contributed by atoms with van der Waals surface area (Å²) < 4.78 is 0. The van der Waals surface area contributed by atoms with Crippen molar-refractivity contribution in [2.75, 3.05) is 0 Å². The molecule has 0 spiro atoms. The first-order valence-electron chi connectivity index (χ1n) is 2.97. The van der Waals surface area contributed by atoms with Gasteiger partial charge >= 0.3 is 80.3 Å². The van der Waals surface area contributed by atoms with E-state index in [1.165, 1.54) is 23.9 Å². The Hall–Kier alpha value is 0.713. The molecule has 0 aromatic heterocycles. The standard InChI is InChI=1S/C7H5Cl2.ClH.Zn/c1-5-2-3-6(8)4-7(5)9;;/h2-4H,1H2;1H;. The van der Waals surface area contributed by atoms with Gasteiger partial charge in [-0.25, -0.2) is 0 Å². The summed E-state index contributed by atoms with van der Waals surface area (Å²) in [5.41, 5.74) is 1.20. The van der Waals surface area contributed by atoms with Crippen LogP contribution < -0.4 is 0 Å². The van der Waals surface area contributed by atoms with Gasteiger partial charge in [0.05, 0.1) is 0 Å². The van der Waals surface area contributed by atoms with Gasteiger partial charge in [-0.05, 0) is 0 Å². The molecule has 0 radical (unpaired) electrons. The minimum atomic E-state index is 0. The Bertz CT molecular complexity index is 237. The third kappa shape index (κ3) is 3.29. The summed E-state index contributed by atoms with van der Waals surface area (Å²) >= 11 is 12.8. The molecule has 0 unspecified atom stereocenters.